The summed E-state index contributed by atoms with van der Waals surface area (Å²) in [4.78, 5) is 23.2. The van der Waals surface area contributed by atoms with Crippen LogP contribution in [0, 0.1) is 5.92 Å². The molecule has 0 spiro atoms. The normalized spacial score (nSPS) is 27.8. The number of carbonyl (C=O) groups excluding carboxylic acids is 1. The number of carbonyl (C=O) groups is 2. The van der Waals surface area contributed by atoms with Crippen molar-refractivity contribution in [1.29, 1.82) is 0 Å². The average Bonchev–Trinajstić information content (AvgIpc) is 2.29. The Hall–Kier alpha value is -1.10. The van der Waals surface area contributed by atoms with Crippen LogP contribution in [-0.2, 0) is 9.59 Å². The van der Waals surface area contributed by atoms with E-state index in [1.807, 2.05) is 13.8 Å². The van der Waals surface area contributed by atoms with Gasteiger partial charge in [0.2, 0.25) is 5.91 Å². The molecule has 0 aromatic heterocycles. The summed E-state index contributed by atoms with van der Waals surface area (Å²) < 4.78 is 0. The fourth-order valence-corrected chi connectivity index (χ4v) is 2.62. The predicted molar refractivity (Wildman–Crippen MR) is 69.3 cm³/mol. The number of carboxylic acids is 1. The Labute approximate surface area is 108 Å². The van der Waals surface area contributed by atoms with Crippen LogP contribution in [0.5, 0.6) is 0 Å². The monoisotopic (exact) mass is 256 g/mol. The minimum Gasteiger partial charge on any atom is -0.480 e. The second kappa shape index (κ2) is 6.73. The summed E-state index contributed by atoms with van der Waals surface area (Å²) in [6, 6.07) is 0. The highest BCUT2D eigenvalue weighted by molar-refractivity contribution is 5.87. The molecule has 1 saturated carbocycles. The maximum Gasteiger partial charge on any atom is 0.329 e. The van der Waals surface area contributed by atoms with Gasteiger partial charge < -0.3 is 15.7 Å². The maximum atomic E-state index is 11.8. The summed E-state index contributed by atoms with van der Waals surface area (Å²) in [6.07, 6.45) is 3.31. The van der Waals surface area contributed by atoms with Crippen LogP contribution in [0.4, 0.5) is 0 Å². The van der Waals surface area contributed by atoms with Gasteiger partial charge in [0.05, 0.1) is 0 Å². The Morgan fingerprint density at radius 3 is 2.72 bits per heavy atom. The zero-order chi connectivity index (χ0) is 13.6. The minimum atomic E-state index is -1.04. The Kier molecular flexibility index (Phi) is 5.59. The van der Waals surface area contributed by atoms with Crippen LogP contribution in [0.25, 0.3) is 0 Å². The molecule has 2 unspecified atom stereocenters. The zero-order valence-corrected chi connectivity index (χ0v) is 11.3. The van der Waals surface area contributed by atoms with Crippen molar-refractivity contribution in [3.63, 3.8) is 0 Å². The molecule has 0 aliphatic heterocycles. The van der Waals surface area contributed by atoms with Gasteiger partial charge in [0.15, 0.2) is 0 Å². The molecule has 1 aliphatic rings. The molecule has 1 rings (SSSR count). The van der Waals surface area contributed by atoms with E-state index in [0.29, 0.717) is 31.7 Å². The van der Waals surface area contributed by atoms with Gasteiger partial charge in [-0.1, -0.05) is 26.7 Å². The van der Waals surface area contributed by atoms with Crippen molar-refractivity contribution >= 4 is 11.9 Å². The van der Waals surface area contributed by atoms with Gasteiger partial charge >= 0.3 is 5.97 Å². The van der Waals surface area contributed by atoms with E-state index >= 15 is 0 Å². The van der Waals surface area contributed by atoms with Gasteiger partial charge in [0.25, 0.3) is 0 Å². The van der Waals surface area contributed by atoms with E-state index in [1.54, 1.807) is 0 Å². The van der Waals surface area contributed by atoms with Gasteiger partial charge in [-0.3, -0.25) is 4.79 Å². The molecule has 3 N–H and O–H groups in total. The van der Waals surface area contributed by atoms with Crippen molar-refractivity contribution in [1.82, 2.24) is 10.6 Å². The number of nitrogens with one attached hydrogen (secondary N) is 2. The largest absolute Gasteiger partial charge is 0.480 e. The molecule has 18 heavy (non-hydrogen) atoms. The van der Waals surface area contributed by atoms with E-state index in [4.69, 9.17) is 0 Å². The summed E-state index contributed by atoms with van der Waals surface area (Å²) in [7, 11) is 0. The first-order valence-electron chi connectivity index (χ1n) is 6.75. The SMILES string of the molecule is CCNCCC(=O)NC1(C(=O)O)CCCC(C)C1. The standard InChI is InChI=1S/C13H24N2O3/c1-3-14-8-6-11(16)15-13(12(17)18)7-4-5-10(2)9-13/h10,14H,3-9H2,1-2H3,(H,15,16)(H,17,18). The van der Waals surface area contributed by atoms with Crippen LogP contribution in [-0.4, -0.2) is 35.6 Å². The van der Waals surface area contributed by atoms with E-state index < -0.39 is 11.5 Å². The van der Waals surface area contributed by atoms with Gasteiger partial charge in [-0.05, 0) is 25.3 Å². The molecular formula is C13H24N2O3. The highest BCUT2D eigenvalue weighted by atomic mass is 16.4. The lowest BCUT2D eigenvalue weighted by molar-refractivity contribution is -0.150. The van der Waals surface area contributed by atoms with E-state index in [-0.39, 0.29) is 5.91 Å². The van der Waals surface area contributed by atoms with Gasteiger partial charge in [-0.25, -0.2) is 4.79 Å². The van der Waals surface area contributed by atoms with E-state index in [9.17, 15) is 14.7 Å². The molecule has 0 radical (unpaired) electrons. The highest BCUT2D eigenvalue weighted by Gasteiger charge is 2.42. The number of hydrogen-bond acceptors (Lipinski definition) is 3. The summed E-state index contributed by atoms with van der Waals surface area (Å²) in [5.41, 5.74) is -1.04. The summed E-state index contributed by atoms with van der Waals surface area (Å²) in [5, 5.41) is 15.2. The molecule has 5 nitrogen and oxygen atoms in total. The minimum absolute atomic E-state index is 0.174. The van der Waals surface area contributed by atoms with E-state index in [2.05, 4.69) is 10.6 Å². The third-order valence-electron chi connectivity index (χ3n) is 3.56. The van der Waals surface area contributed by atoms with Gasteiger partial charge in [-0.15, -0.1) is 0 Å². The molecule has 1 amide bonds. The van der Waals surface area contributed by atoms with Crippen LogP contribution >= 0.6 is 0 Å². The van der Waals surface area contributed by atoms with Crippen LogP contribution in [0.1, 0.15) is 46.0 Å². The van der Waals surface area contributed by atoms with Crippen molar-refractivity contribution < 1.29 is 14.7 Å². The van der Waals surface area contributed by atoms with Gasteiger partial charge in [-0.2, -0.15) is 0 Å². The van der Waals surface area contributed by atoms with E-state index in [0.717, 1.165) is 19.4 Å². The summed E-state index contributed by atoms with van der Waals surface area (Å²) in [6.45, 7) is 5.42. The quantitative estimate of drug-likeness (QED) is 0.623. The molecule has 104 valence electrons. The zero-order valence-electron chi connectivity index (χ0n) is 11.3. The van der Waals surface area contributed by atoms with Crippen LogP contribution in [0.15, 0.2) is 0 Å². The molecule has 5 heteroatoms. The maximum absolute atomic E-state index is 11.8. The second-order valence-corrected chi connectivity index (χ2v) is 5.24. The van der Waals surface area contributed by atoms with Gasteiger partial charge in [0, 0.05) is 13.0 Å². The third kappa shape index (κ3) is 3.98. The first kappa shape index (κ1) is 15.0. The highest BCUT2D eigenvalue weighted by Crippen LogP contribution is 2.32. The fourth-order valence-electron chi connectivity index (χ4n) is 2.62. The van der Waals surface area contributed by atoms with Crippen molar-refractivity contribution in [3.8, 4) is 0 Å². The molecule has 2 atom stereocenters. The lowest BCUT2D eigenvalue weighted by atomic mass is 9.76. The molecule has 1 fully saturated rings. The summed E-state index contributed by atoms with van der Waals surface area (Å²) in [5.74, 6) is -0.720. The van der Waals surface area contributed by atoms with Gasteiger partial charge in [0.1, 0.15) is 5.54 Å². The van der Waals surface area contributed by atoms with Crippen molar-refractivity contribution in [2.45, 2.75) is 51.5 Å². The smallest absolute Gasteiger partial charge is 0.329 e. The number of carboxylic acid groups (broad SMARTS) is 1. The molecule has 1 aliphatic carbocycles. The first-order valence-corrected chi connectivity index (χ1v) is 6.75. The number of amides is 1. The fraction of sp³-hybridized carbons (Fsp3) is 0.846. The molecule has 0 aromatic carbocycles. The summed E-state index contributed by atoms with van der Waals surface area (Å²) >= 11 is 0. The lowest BCUT2D eigenvalue weighted by Gasteiger charge is -2.37. The van der Waals surface area contributed by atoms with Crippen molar-refractivity contribution in [2.75, 3.05) is 13.1 Å². The van der Waals surface area contributed by atoms with E-state index in [1.165, 1.54) is 0 Å². The van der Waals surface area contributed by atoms with Crippen LogP contribution < -0.4 is 10.6 Å². The Morgan fingerprint density at radius 2 is 2.17 bits per heavy atom. The number of rotatable bonds is 6. The van der Waals surface area contributed by atoms with Crippen LogP contribution in [0.2, 0.25) is 0 Å². The number of aliphatic carboxylic acids is 1. The lowest BCUT2D eigenvalue weighted by Crippen LogP contribution is -2.57. The second-order valence-electron chi connectivity index (χ2n) is 5.24. The molecule has 0 saturated heterocycles. The number of hydrogen-bond donors (Lipinski definition) is 3. The Morgan fingerprint density at radius 1 is 1.44 bits per heavy atom. The van der Waals surface area contributed by atoms with Crippen molar-refractivity contribution in [2.24, 2.45) is 5.92 Å². The third-order valence-corrected chi connectivity index (χ3v) is 3.56. The average molecular weight is 256 g/mol. The van der Waals surface area contributed by atoms with Crippen molar-refractivity contribution in [3.05, 3.63) is 0 Å². The Balaban J connectivity index is 2.57. The molecule has 0 heterocycles. The predicted octanol–water partition coefficient (Wildman–Crippen LogP) is 1.14. The topological polar surface area (TPSA) is 78.4 Å². The Bertz CT molecular complexity index is 307. The van der Waals surface area contributed by atoms with Crippen LogP contribution in [0.3, 0.4) is 0 Å². The molecule has 0 bridgehead atoms. The first-order chi connectivity index (χ1) is 8.50. The molecule has 0 aromatic rings. The molecular weight excluding hydrogens is 232 g/mol.